The van der Waals surface area contributed by atoms with Crippen LogP contribution in [0.4, 0.5) is 11.5 Å². The Hall–Kier alpha value is -3.69. The molecule has 10 heteroatoms. The fourth-order valence-electron chi connectivity index (χ4n) is 1.87. The molecule has 0 unspecified atom stereocenters. The minimum Gasteiger partial charge on any atom is -0.490 e. The minimum absolute atomic E-state index is 0.113. The van der Waals surface area contributed by atoms with Gasteiger partial charge in [0.25, 0.3) is 5.69 Å². The van der Waals surface area contributed by atoms with Gasteiger partial charge in [0, 0.05) is 6.07 Å². The maximum atomic E-state index is 10.6. The van der Waals surface area contributed by atoms with Crippen LogP contribution in [0.3, 0.4) is 0 Å². The molecule has 0 fully saturated rings. The zero-order valence-corrected chi connectivity index (χ0v) is 13.8. The van der Waals surface area contributed by atoms with Crippen molar-refractivity contribution in [2.45, 2.75) is 6.92 Å². The number of hydrogen-bond donors (Lipinski definition) is 2. The third kappa shape index (κ3) is 5.44. The second kappa shape index (κ2) is 8.97. The summed E-state index contributed by atoms with van der Waals surface area (Å²) in [5.74, 6) is -0.0289. The Morgan fingerprint density at radius 1 is 1.35 bits per heavy atom. The summed E-state index contributed by atoms with van der Waals surface area (Å²) in [6.45, 7) is 1.71. The third-order valence-electron chi connectivity index (χ3n) is 2.97. The molecule has 136 valence electrons. The summed E-state index contributed by atoms with van der Waals surface area (Å²) in [7, 11) is 0. The number of hydrogen-bond acceptors (Lipinski definition) is 8. The molecule has 1 aromatic heterocycles. The van der Waals surface area contributed by atoms with E-state index in [1.54, 1.807) is 25.1 Å². The Morgan fingerprint density at radius 3 is 2.77 bits per heavy atom. The van der Waals surface area contributed by atoms with Crippen LogP contribution in [0.15, 0.2) is 41.6 Å². The third-order valence-corrected chi connectivity index (χ3v) is 2.97. The summed E-state index contributed by atoms with van der Waals surface area (Å²) in [5, 5.41) is 23.2. The van der Waals surface area contributed by atoms with E-state index in [1.807, 2.05) is 0 Å². The van der Waals surface area contributed by atoms with E-state index in [0.717, 1.165) is 6.20 Å². The van der Waals surface area contributed by atoms with E-state index in [2.05, 4.69) is 15.5 Å². The van der Waals surface area contributed by atoms with Crippen LogP contribution in [0.5, 0.6) is 11.5 Å². The number of ether oxygens (including phenoxy) is 2. The molecule has 0 saturated carbocycles. The number of benzene rings is 1. The lowest BCUT2D eigenvalue weighted by Crippen LogP contribution is -2.10. The lowest BCUT2D eigenvalue weighted by atomic mass is 10.2. The average molecular weight is 360 g/mol. The van der Waals surface area contributed by atoms with Gasteiger partial charge < -0.3 is 14.6 Å². The quantitative estimate of drug-likeness (QED) is 0.395. The van der Waals surface area contributed by atoms with E-state index < -0.39 is 17.5 Å². The number of nitrogens with zero attached hydrogens (tertiary/aromatic N) is 3. The number of rotatable bonds is 9. The van der Waals surface area contributed by atoms with Gasteiger partial charge in [-0.25, -0.2) is 9.78 Å². The van der Waals surface area contributed by atoms with Gasteiger partial charge in [0.1, 0.15) is 12.0 Å². The van der Waals surface area contributed by atoms with Gasteiger partial charge in [-0.1, -0.05) is 0 Å². The Morgan fingerprint density at radius 2 is 2.15 bits per heavy atom. The van der Waals surface area contributed by atoms with Gasteiger partial charge in [-0.15, -0.1) is 0 Å². The van der Waals surface area contributed by atoms with Gasteiger partial charge in [0.2, 0.25) is 0 Å². The normalized spacial score (nSPS) is 10.5. The van der Waals surface area contributed by atoms with E-state index in [9.17, 15) is 14.9 Å². The Labute approximate surface area is 148 Å². The number of anilines is 1. The van der Waals surface area contributed by atoms with Crippen molar-refractivity contribution in [1.82, 2.24) is 4.98 Å². The van der Waals surface area contributed by atoms with Gasteiger partial charge in [0.05, 0.1) is 17.7 Å². The average Bonchev–Trinajstić information content (AvgIpc) is 2.61. The number of aliphatic carboxylic acids is 1. The van der Waals surface area contributed by atoms with Gasteiger partial charge in [-0.3, -0.25) is 15.5 Å². The zero-order valence-electron chi connectivity index (χ0n) is 13.8. The number of pyridine rings is 1. The summed E-state index contributed by atoms with van der Waals surface area (Å²) in [4.78, 5) is 24.5. The molecule has 10 nitrogen and oxygen atoms in total. The van der Waals surface area contributed by atoms with Crippen molar-refractivity contribution in [1.29, 1.82) is 0 Å². The molecule has 0 spiro atoms. The number of carboxylic acid groups (broad SMARTS) is 1. The Balaban J connectivity index is 2.05. The number of carbonyl (C=O) groups is 1. The lowest BCUT2D eigenvalue weighted by Gasteiger charge is -2.11. The van der Waals surface area contributed by atoms with Crippen LogP contribution < -0.4 is 14.9 Å². The Bertz CT molecular complexity index is 807. The highest BCUT2D eigenvalue weighted by atomic mass is 16.6. The van der Waals surface area contributed by atoms with E-state index in [-0.39, 0.29) is 5.69 Å². The maximum absolute atomic E-state index is 10.6. The van der Waals surface area contributed by atoms with Gasteiger partial charge in [-0.2, -0.15) is 5.10 Å². The highest BCUT2D eigenvalue weighted by Gasteiger charge is 2.08. The smallest absolute Gasteiger partial charge is 0.341 e. The van der Waals surface area contributed by atoms with E-state index in [4.69, 9.17) is 14.6 Å². The first-order valence-corrected chi connectivity index (χ1v) is 7.50. The van der Waals surface area contributed by atoms with Crippen molar-refractivity contribution in [3.8, 4) is 11.5 Å². The van der Waals surface area contributed by atoms with E-state index in [0.29, 0.717) is 29.5 Å². The molecule has 0 aliphatic carbocycles. The van der Waals surface area contributed by atoms with Gasteiger partial charge >= 0.3 is 5.97 Å². The molecule has 0 aliphatic rings. The molecule has 1 aromatic carbocycles. The van der Waals surface area contributed by atoms with Crippen LogP contribution in [-0.4, -0.2) is 40.4 Å². The zero-order chi connectivity index (χ0) is 18.9. The van der Waals surface area contributed by atoms with E-state index in [1.165, 1.54) is 18.3 Å². The molecular formula is C16H16N4O6. The van der Waals surface area contributed by atoms with Crippen molar-refractivity contribution in [2.75, 3.05) is 18.6 Å². The summed E-state index contributed by atoms with van der Waals surface area (Å²) in [6.07, 6.45) is 2.62. The second-order valence-electron chi connectivity index (χ2n) is 4.85. The van der Waals surface area contributed by atoms with Crippen LogP contribution in [-0.2, 0) is 4.79 Å². The largest absolute Gasteiger partial charge is 0.490 e. The number of carboxylic acids is 1. The topological polar surface area (TPSA) is 136 Å². The van der Waals surface area contributed by atoms with Crippen molar-refractivity contribution < 1.29 is 24.3 Å². The SMILES string of the molecule is CCOc1cc(/C=N/Nc2ccc([N+](=O)[O-])cn2)ccc1OCC(=O)O. The second-order valence-corrected chi connectivity index (χ2v) is 4.85. The van der Waals surface area contributed by atoms with Crippen LogP contribution in [0.2, 0.25) is 0 Å². The minimum atomic E-state index is -1.09. The van der Waals surface area contributed by atoms with Crippen LogP contribution in [0.1, 0.15) is 12.5 Å². The molecule has 1 heterocycles. The summed E-state index contributed by atoms with van der Waals surface area (Å²) in [6, 6.07) is 7.65. The predicted octanol–water partition coefficient (Wildman–Crippen LogP) is 2.30. The number of aromatic nitrogens is 1. The predicted molar refractivity (Wildman–Crippen MR) is 92.8 cm³/mol. The maximum Gasteiger partial charge on any atom is 0.341 e. The molecule has 0 bridgehead atoms. The molecule has 26 heavy (non-hydrogen) atoms. The monoisotopic (exact) mass is 360 g/mol. The van der Waals surface area contributed by atoms with Crippen molar-refractivity contribution in [3.63, 3.8) is 0 Å². The van der Waals surface area contributed by atoms with Crippen LogP contribution in [0, 0.1) is 10.1 Å². The van der Waals surface area contributed by atoms with Crippen LogP contribution in [0.25, 0.3) is 0 Å². The molecule has 0 atom stereocenters. The molecule has 0 radical (unpaired) electrons. The first-order chi connectivity index (χ1) is 12.5. The van der Waals surface area contributed by atoms with Gasteiger partial charge in [0.15, 0.2) is 18.1 Å². The molecule has 2 rings (SSSR count). The number of hydrazone groups is 1. The first-order valence-electron chi connectivity index (χ1n) is 7.50. The standard InChI is InChI=1S/C16H16N4O6/c1-2-25-14-7-11(3-5-13(14)26-10-16(21)22)8-18-19-15-6-4-12(9-17-15)20(23)24/h3-9H,2,10H2,1H3,(H,17,19)(H,21,22)/b18-8+. The summed E-state index contributed by atoms with van der Waals surface area (Å²) in [5.41, 5.74) is 3.21. The number of nitro groups is 1. The Kier molecular flexibility index (Phi) is 6.43. The van der Waals surface area contributed by atoms with E-state index >= 15 is 0 Å². The van der Waals surface area contributed by atoms with Gasteiger partial charge in [-0.05, 0) is 36.8 Å². The lowest BCUT2D eigenvalue weighted by molar-refractivity contribution is -0.385. The molecule has 0 amide bonds. The first kappa shape index (κ1) is 18.6. The number of nitrogens with one attached hydrogen (secondary N) is 1. The molecule has 0 aliphatic heterocycles. The molecule has 2 N–H and O–H groups in total. The van der Waals surface area contributed by atoms with Crippen LogP contribution >= 0.6 is 0 Å². The highest BCUT2D eigenvalue weighted by Crippen LogP contribution is 2.28. The van der Waals surface area contributed by atoms with Crippen molar-refractivity contribution >= 4 is 23.7 Å². The summed E-state index contributed by atoms with van der Waals surface area (Å²) >= 11 is 0. The van der Waals surface area contributed by atoms with Crippen molar-refractivity contribution in [3.05, 3.63) is 52.2 Å². The fraction of sp³-hybridized carbons (Fsp3) is 0.188. The highest BCUT2D eigenvalue weighted by molar-refractivity contribution is 5.81. The van der Waals surface area contributed by atoms with Crippen molar-refractivity contribution in [2.24, 2.45) is 5.10 Å². The molecule has 2 aromatic rings. The summed E-state index contributed by atoms with van der Waals surface area (Å²) < 4.78 is 10.6. The molecular weight excluding hydrogens is 344 g/mol. The molecule has 0 saturated heterocycles. The fourth-order valence-corrected chi connectivity index (χ4v) is 1.87.